The number of aryl methyl sites for hydroxylation is 4. The zero-order valence-electron chi connectivity index (χ0n) is 18.7. The molecule has 0 amide bonds. The van der Waals surface area contributed by atoms with Crippen LogP contribution >= 0.6 is 0 Å². The molecule has 0 aliphatic heterocycles. The van der Waals surface area contributed by atoms with Gasteiger partial charge >= 0.3 is 0 Å². The van der Waals surface area contributed by atoms with E-state index in [0.29, 0.717) is 28.8 Å². The maximum atomic E-state index is 12.7. The quantitative estimate of drug-likeness (QED) is 0.350. The molecule has 4 rings (SSSR count). The summed E-state index contributed by atoms with van der Waals surface area (Å²) < 4.78 is 32.9. The maximum Gasteiger partial charge on any atom is 0.267 e. The third kappa shape index (κ3) is 5.29. The summed E-state index contributed by atoms with van der Waals surface area (Å²) in [6.45, 7) is 7.00. The number of nitrogens with one attached hydrogen (secondary N) is 3. The molecule has 0 aliphatic rings. The van der Waals surface area contributed by atoms with Gasteiger partial charge in [0.15, 0.2) is 10.7 Å². The van der Waals surface area contributed by atoms with E-state index in [0.717, 1.165) is 11.4 Å². The lowest BCUT2D eigenvalue weighted by atomic mass is 10.2. The summed E-state index contributed by atoms with van der Waals surface area (Å²) >= 11 is 0. The molecular formula is C23H24N6O3S. The van der Waals surface area contributed by atoms with Crippen LogP contribution in [0.4, 0.5) is 28.7 Å². The molecule has 2 aromatic carbocycles. The van der Waals surface area contributed by atoms with Crippen molar-refractivity contribution in [2.75, 3.05) is 15.4 Å². The summed E-state index contributed by atoms with van der Waals surface area (Å²) in [5, 5.41) is 10.2. The first-order chi connectivity index (χ1) is 15.7. The lowest BCUT2D eigenvalue weighted by Crippen LogP contribution is -2.14. The van der Waals surface area contributed by atoms with Crippen LogP contribution in [-0.4, -0.2) is 23.5 Å². The Morgan fingerprint density at radius 1 is 0.758 bits per heavy atom. The zero-order chi connectivity index (χ0) is 23.6. The molecular weight excluding hydrogens is 440 g/mol. The minimum atomic E-state index is -3.80. The first-order valence-electron chi connectivity index (χ1n) is 10.2. The molecule has 33 heavy (non-hydrogen) atoms. The topological polar surface area (TPSA) is 122 Å². The Morgan fingerprint density at radius 2 is 1.27 bits per heavy atom. The van der Waals surface area contributed by atoms with Gasteiger partial charge in [0.2, 0.25) is 0 Å². The van der Waals surface area contributed by atoms with Crippen LogP contribution in [0.2, 0.25) is 0 Å². The molecule has 3 N–H and O–H groups in total. The average molecular weight is 465 g/mol. The Balaban J connectivity index is 1.48. The summed E-state index contributed by atoms with van der Waals surface area (Å²) in [4.78, 5) is 8.91. The smallest absolute Gasteiger partial charge is 0.267 e. The minimum Gasteiger partial charge on any atom is -0.360 e. The normalized spacial score (nSPS) is 11.3. The number of rotatable bonds is 7. The van der Waals surface area contributed by atoms with Gasteiger partial charge < -0.3 is 15.2 Å². The van der Waals surface area contributed by atoms with Crippen LogP contribution in [0.1, 0.15) is 22.8 Å². The summed E-state index contributed by atoms with van der Waals surface area (Å²) in [5.74, 6) is 2.13. The number of nitrogens with zero attached hydrogens (tertiary/aromatic N) is 3. The van der Waals surface area contributed by atoms with Gasteiger partial charge in [-0.25, -0.2) is 18.4 Å². The monoisotopic (exact) mass is 464 g/mol. The van der Waals surface area contributed by atoms with Gasteiger partial charge in [-0.2, -0.15) is 0 Å². The van der Waals surface area contributed by atoms with E-state index in [9.17, 15) is 8.42 Å². The van der Waals surface area contributed by atoms with Crippen molar-refractivity contribution in [1.29, 1.82) is 0 Å². The Hall–Kier alpha value is -3.92. The molecule has 0 atom stereocenters. The Bertz CT molecular complexity index is 1360. The highest BCUT2D eigenvalue weighted by Gasteiger charge is 2.24. The van der Waals surface area contributed by atoms with Gasteiger partial charge in [-0.15, -0.1) is 0 Å². The Labute approximate surface area is 192 Å². The molecule has 10 heteroatoms. The van der Waals surface area contributed by atoms with Crippen molar-refractivity contribution in [3.63, 3.8) is 0 Å². The molecule has 0 saturated heterocycles. The third-order valence-electron chi connectivity index (χ3n) is 4.81. The van der Waals surface area contributed by atoms with Crippen molar-refractivity contribution in [2.45, 2.75) is 32.6 Å². The SMILES string of the molecule is Cc1ccc(Nc2cc(Nc3ccc(NS(=O)(=O)c4c(C)noc4C)cc3)nc(C)n2)cc1. The lowest BCUT2D eigenvalue weighted by Gasteiger charge is -2.12. The van der Waals surface area contributed by atoms with Gasteiger partial charge in [0, 0.05) is 23.1 Å². The van der Waals surface area contributed by atoms with Crippen LogP contribution in [0.3, 0.4) is 0 Å². The molecule has 0 fully saturated rings. The fraction of sp³-hybridized carbons (Fsp3) is 0.174. The van der Waals surface area contributed by atoms with E-state index in [1.807, 2.05) is 38.1 Å². The van der Waals surface area contributed by atoms with Crippen LogP contribution in [-0.2, 0) is 10.0 Å². The molecule has 0 spiro atoms. The van der Waals surface area contributed by atoms with Gasteiger partial charge in [0.05, 0.1) is 0 Å². The van der Waals surface area contributed by atoms with Crippen molar-refractivity contribution in [2.24, 2.45) is 0 Å². The van der Waals surface area contributed by atoms with E-state index in [4.69, 9.17) is 4.52 Å². The number of hydrogen-bond donors (Lipinski definition) is 3. The highest BCUT2D eigenvalue weighted by Crippen LogP contribution is 2.25. The van der Waals surface area contributed by atoms with E-state index < -0.39 is 10.0 Å². The van der Waals surface area contributed by atoms with Gasteiger partial charge in [-0.05, 0) is 64.1 Å². The minimum absolute atomic E-state index is 0.0507. The van der Waals surface area contributed by atoms with Crippen LogP contribution in [0.15, 0.2) is 64.0 Å². The number of anilines is 5. The van der Waals surface area contributed by atoms with Crippen LogP contribution < -0.4 is 15.4 Å². The highest BCUT2D eigenvalue weighted by atomic mass is 32.2. The molecule has 0 bridgehead atoms. The van der Waals surface area contributed by atoms with Gasteiger partial charge in [-0.1, -0.05) is 22.9 Å². The molecule has 4 aromatic rings. The fourth-order valence-electron chi connectivity index (χ4n) is 3.31. The number of benzene rings is 2. The molecule has 2 heterocycles. The van der Waals surface area contributed by atoms with E-state index in [1.165, 1.54) is 5.56 Å². The predicted octanol–water partition coefficient (Wildman–Crippen LogP) is 4.99. The van der Waals surface area contributed by atoms with Crippen molar-refractivity contribution in [1.82, 2.24) is 15.1 Å². The first-order valence-corrected chi connectivity index (χ1v) is 11.7. The van der Waals surface area contributed by atoms with Crippen molar-refractivity contribution >= 4 is 38.7 Å². The zero-order valence-corrected chi connectivity index (χ0v) is 19.5. The van der Waals surface area contributed by atoms with Crippen LogP contribution in [0.5, 0.6) is 0 Å². The second-order valence-electron chi connectivity index (χ2n) is 7.64. The standard InChI is InChI=1S/C23H24N6O3S/c1-14-5-7-18(8-6-14)26-21-13-22(25-17(4)24-21)27-19-9-11-20(12-10-19)29-33(30,31)23-15(2)28-32-16(23)3/h5-13,29H,1-4H3,(H2,24,25,26,27). The summed E-state index contributed by atoms with van der Waals surface area (Å²) in [6, 6.07) is 16.7. The molecule has 0 aliphatic carbocycles. The van der Waals surface area contributed by atoms with Crippen LogP contribution in [0, 0.1) is 27.7 Å². The lowest BCUT2D eigenvalue weighted by molar-refractivity contribution is 0.390. The Morgan fingerprint density at radius 3 is 1.79 bits per heavy atom. The molecule has 2 aromatic heterocycles. The largest absolute Gasteiger partial charge is 0.360 e. The Kier molecular flexibility index (Phi) is 6.01. The van der Waals surface area contributed by atoms with E-state index >= 15 is 0 Å². The summed E-state index contributed by atoms with van der Waals surface area (Å²) in [7, 11) is -3.80. The van der Waals surface area contributed by atoms with E-state index in [2.05, 4.69) is 30.5 Å². The second kappa shape index (κ2) is 8.91. The number of sulfonamides is 1. The van der Waals surface area contributed by atoms with Crippen LogP contribution in [0.25, 0.3) is 0 Å². The second-order valence-corrected chi connectivity index (χ2v) is 9.26. The third-order valence-corrected chi connectivity index (χ3v) is 6.43. The fourth-order valence-corrected chi connectivity index (χ4v) is 4.70. The molecule has 170 valence electrons. The molecule has 0 saturated carbocycles. The van der Waals surface area contributed by atoms with Gasteiger partial charge in [0.1, 0.15) is 23.2 Å². The average Bonchev–Trinajstić information content (AvgIpc) is 3.09. The van der Waals surface area contributed by atoms with E-state index in [-0.39, 0.29) is 10.7 Å². The van der Waals surface area contributed by atoms with E-state index in [1.54, 1.807) is 44.2 Å². The number of hydrogen-bond acceptors (Lipinski definition) is 8. The summed E-state index contributed by atoms with van der Waals surface area (Å²) in [6.07, 6.45) is 0. The highest BCUT2D eigenvalue weighted by molar-refractivity contribution is 7.92. The van der Waals surface area contributed by atoms with Crippen molar-refractivity contribution in [3.8, 4) is 0 Å². The molecule has 0 unspecified atom stereocenters. The molecule has 0 radical (unpaired) electrons. The molecule has 9 nitrogen and oxygen atoms in total. The predicted molar refractivity (Wildman–Crippen MR) is 128 cm³/mol. The number of aromatic nitrogens is 3. The van der Waals surface area contributed by atoms with Gasteiger partial charge in [-0.3, -0.25) is 4.72 Å². The van der Waals surface area contributed by atoms with Crippen molar-refractivity contribution < 1.29 is 12.9 Å². The first kappa shape index (κ1) is 22.3. The van der Waals surface area contributed by atoms with Gasteiger partial charge in [0.25, 0.3) is 10.0 Å². The van der Waals surface area contributed by atoms with Crippen molar-refractivity contribution in [3.05, 3.63) is 77.4 Å². The maximum absolute atomic E-state index is 12.7. The summed E-state index contributed by atoms with van der Waals surface area (Å²) in [5.41, 5.74) is 3.59.